The highest BCUT2D eigenvalue weighted by atomic mass is 32.1. The maximum Gasteiger partial charge on any atom is 0.0794 e. The van der Waals surface area contributed by atoms with Crippen LogP contribution in [-0.4, -0.2) is 18.6 Å². The minimum absolute atomic E-state index is 0.642. The van der Waals surface area contributed by atoms with E-state index in [1.807, 2.05) is 18.8 Å². The first-order valence-corrected chi connectivity index (χ1v) is 6.82. The van der Waals surface area contributed by atoms with Crippen LogP contribution in [0.3, 0.4) is 0 Å². The highest BCUT2D eigenvalue weighted by Gasteiger charge is 2.10. The monoisotopic (exact) mass is 246 g/mol. The van der Waals surface area contributed by atoms with Crippen LogP contribution >= 0.6 is 11.3 Å². The lowest BCUT2D eigenvalue weighted by Crippen LogP contribution is -2.22. The Morgan fingerprint density at radius 2 is 2.06 bits per heavy atom. The van der Waals surface area contributed by atoms with Gasteiger partial charge in [0.15, 0.2) is 0 Å². The molecule has 2 rings (SSSR count). The number of nitrogens with zero attached hydrogens (tertiary/aromatic N) is 1. The van der Waals surface area contributed by atoms with Gasteiger partial charge in [-0.15, -0.1) is 11.3 Å². The molecule has 0 aliphatic heterocycles. The lowest BCUT2D eigenvalue weighted by molar-refractivity contribution is 0.496. The van der Waals surface area contributed by atoms with Crippen molar-refractivity contribution in [3.8, 4) is 0 Å². The van der Waals surface area contributed by atoms with E-state index in [1.54, 1.807) is 11.3 Å². The van der Waals surface area contributed by atoms with E-state index in [1.165, 1.54) is 10.4 Å². The number of rotatable bonds is 6. The molecule has 1 N–H and O–H groups in total. The summed E-state index contributed by atoms with van der Waals surface area (Å²) < 4.78 is 0. The quantitative estimate of drug-likeness (QED) is 0.848. The Morgan fingerprint density at radius 3 is 2.71 bits per heavy atom. The normalized spacial score (nSPS) is 12.5. The number of hydrogen-bond acceptors (Lipinski definition) is 3. The summed E-state index contributed by atoms with van der Waals surface area (Å²) in [5, 5.41) is 3.28. The van der Waals surface area contributed by atoms with Gasteiger partial charge in [-0.3, -0.25) is 4.98 Å². The van der Waals surface area contributed by atoms with Crippen LogP contribution in [0.1, 0.15) is 10.4 Å². The largest absolute Gasteiger partial charge is 0.319 e. The first-order valence-electron chi connectivity index (χ1n) is 5.94. The van der Waals surface area contributed by atoms with Crippen LogP contribution in [0, 0.1) is 5.92 Å². The standard InChI is InChI=1S/C14H18N2S/c1-15-9-13(8-14-10-16-11-17-14)7-12-5-3-2-4-6-12/h2-6,10-11,13,15H,7-9H2,1H3. The molecule has 1 aromatic carbocycles. The van der Waals surface area contributed by atoms with E-state index in [0.717, 1.165) is 19.4 Å². The first-order chi connectivity index (χ1) is 8.38. The molecule has 1 atom stereocenters. The van der Waals surface area contributed by atoms with Crippen molar-refractivity contribution in [3.63, 3.8) is 0 Å². The number of thiazole rings is 1. The summed E-state index contributed by atoms with van der Waals surface area (Å²) in [6.45, 7) is 1.05. The second kappa shape index (κ2) is 6.52. The summed E-state index contributed by atoms with van der Waals surface area (Å²) in [5.41, 5.74) is 3.33. The SMILES string of the molecule is CNCC(Cc1ccccc1)Cc1cncs1. The molecule has 2 aromatic rings. The average molecular weight is 246 g/mol. The van der Waals surface area contributed by atoms with Crippen LogP contribution in [0.15, 0.2) is 42.0 Å². The number of benzene rings is 1. The lowest BCUT2D eigenvalue weighted by atomic mass is 9.95. The van der Waals surface area contributed by atoms with Crippen molar-refractivity contribution in [1.82, 2.24) is 10.3 Å². The fourth-order valence-corrected chi connectivity index (χ4v) is 2.79. The minimum Gasteiger partial charge on any atom is -0.319 e. The minimum atomic E-state index is 0.642. The molecule has 0 fully saturated rings. The molecule has 0 spiro atoms. The first kappa shape index (κ1) is 12.3. The summed E-state index contributed by atoms with van der Waals surface area (Å²) in [6, 6.07) is 10.7. The third-order valence-electron chi connectivity index (χ3n) is 2.83. The van der Waals surface area contributed by atoms with Crippen molar-refractivity contribution in [2.75, 3.05) is 13.6 Å². The van der Waals surface area contributed by atoms with Gasteiger partial charge in [-0.25, -0.2) is 0 Å². The number of hydrogen-bond donors (Lipinski definition) is 1. The van der Waals surface area contributed by atoms with Crippen LogP contribution in [0.25, 0.3) is 0 Å². The molecule has 0 bridgehead atoms. The number of nitrogens with one attached hydrogen (secondary N) is 1. The fraction of sp³-hybridized carbons (Fsp3) is 0.357. The predicted molar refractivity (Wildman–Crippen MR) is 73.4 cm³/mol. The second-order valence-electron chi connectivity index (χ2n) is 4.29. The Balaban J connectivity index is 1.97. The summed E-state index contributed by atoms with van der Waals surface area (Å²) in [5.74, 6) is 0.642. The Hall–Kier alpha value is -1.19. The maximum atomic E-state index is 4.14. The van der Waals surface area contributed by atoms with Crippen molar-refractivity contribution in [2.45, 2.75) is 12.8 Å². The van der Waals surface area contributed by atoms with Crippen LogP contribution in [0.2, 0.25) is 0 Å². The van der Waals surface area contributed by atoms with Crippen molar-refractivity contribution >= 4 is 11.3 Å². The molecule has 0 aliphatic carbocycles. The van der Waals surface area contributed by atoms with E-state index in [9.17, 15) is 0 Å². The molecule has 0 radical (unpaired) electrons. The summed E-state index contributed by atoms with van der Waals surface area (Å²) >= 11 is 1.75. The molecular formula is C14H18N2S. The molecule has 1 unspecified atom stereocenters. The van der Waals surface area contributed by atoms with Crippen LogP contribution in [0.4, 0.5) is 0 Å². The van der Waals surface area contributed by atoms with Crippen molar-refractivity contribution in [2.24, 2.45) is 5.92 Å². The maximum absolute atomic E-state index is 4.14. The Kier molecular flexibility index (Phi) is 4.71. The molecule has 1 aromatic heterocycles. The molecule has 2 nitrogen and oxygen atoms in total. The highest BCUT2D eigenvalue weighted by Crippen LogP contribution is 2.16. The van der Waals surface area contributed by atoms with E-state index in [-0.39, 0.29) is 0 Å². The van der Waals surface area contributed by atoms with Crippen molar-refractivity contribution in [3.05, 3.63) is 52.5 Å². The predicted octanol–water partition coefficient (Wildman–Crippen LogP) is 2.76. The molecule has 0 saturated heterocycles. The molecule has 1 heterocycles. The molecule has 17 heavy (non-hydrogen) atoms. The zero-order valence-electron chi connectivity index (χ0n) is 10.1. The second-order valence-corrected chi connectivity index (χ2v) is 5.26. The van der Waals surface area contributed by atoms with Crippen molar-refractivity contribution < 1.29 is 0 Å². The van der Waals surface area contributed by atoms with Gasteiger partial charge in [0.2, 0.25) is 0 Å². The highest BCUT2D eigenvalue weighted by molar-refractivity contribution is 7.09. The zero-order valence-corrected chi connectivity index (χ0v) is 10.9. The average Bonchev–Trinajstić information content (AvgIpc) is 2.83. The van der Waals surface area contributed by atoms with E-state index in [4.69, 9.17) is 0 Å². The molecule has 3 heteroatoms. The van der Waals surface area contributed by atoms with Crippen LogP contribution in [0.5, 0.6) is 0 Å². The smallest absolute Gasteiger partial charge is 0.0794 e. The van der Waals surface area contributed by atoms with Crippen molar-refractivity contribution in [1.29, 1.82) is 0 Å². The van der Waals surface area contributed by atoms with Gasteiger partial charge in [-0.2, -0.15) is 0 Å². The Bertz CT molecular complexity index is 411. The lowest BCUT2D eigenvalue weighted by Gasteiger charge is -2.15. The third kappa shape index (κ3) is 3.95. The van der Waals surface area contributed by atoms with Crippen LogP contribution in [-0.2, 0) is 12.8 Å². The Morgan fingerprint density at radius 1 is 1.24 bits per heavy atom. The number of aromatic nitrogens is 1. The topological polar surface area (TPSA) is 24.9 Å². The summed E-state index contributed by atoms with van der Waals surface area (Å²) in [6.07, 6.45) is 4.22. The fourth-order valence-electron chi connectivity index (χ4n) is 2.08. The molecule has 0 saturated carbocycles. The van der Waals surface area contributed by atoms with E-state index in [2.05, 4.69) is 40.6 Å². The third-order valence-corrected chi connectivity index (χ3v) is 3.64. The van der Waals surface area contributed by atoms with Gasteiger partial charge in [0.25, 0.3) is 0 Å². The molecular weight excluding hydrogens is 228 g/mol. The van der Waals surface area contributed by atoms with Gasteiger partial charge in [0.1, 0.15) is 0 Å². The van der Waals surface area contributed by atoms with E-state index >= 15 is 0 Å². The van der Waals surface area contributed by atoms with Gasteiger partial charge in [-0.05, 0) is 37.9 Å². The Labute approximate surface area is 107 Å². The zero-order chi connectivity index (χ0) is 11.9. The van der Waals surface area contributed by atoms with Gasteiger partial charge in [0.05, 0.1) is 5.51 Å². The van der Waals surface area contributed by atoms with Gasteiger partial charge >= 0.3 is 0 Å². The van der Waals surface area contributed by atoms with E-state index in [0.29, 0.717) is 5.92 Å². The summed E-state index contributed by atoms with van der Waals surface area (Å²) in [4.78, 5) is 5.52. The molecule has 0 aliphatic rings. The van der Waals surface area contributed by atoms with E-state index < -0.39 is 0 Å². The molecule has 90 valence electrons. The van der Waals surface area contributed by atoms with Gasteiger partial charge < -0.3 is 5.32 Å². The summed E-state index contributed by atoms with van der Waals surface area (Å²) in [7, 11) is 2.02. The van der Waals surface area contributed by atoms with Gasteiger partial charge in [-0.1, -0.05) is 30.3 Å². The van der Waals surface area contributed by atoms with Crippen LogP contribution < -0.4 is 5.32 Å². The molecule has 0 amide bonds. The van der Waals surface area contributed by atoms with Gasteiger partial charge in [0, 0.05) is 11.1 Å².